The van der Waals surface area contributed by atoms with E-state index in [1.165, 1.54) is 6.08 Å². The minimum absolute atomic E-state index is 0.226. The van der Waals surface area contributed by atoms with Crippen LogP contribution in [0.3, 0.4) is 0 Å². The highest BCUT2D eigenvalue weighted by Crippen LogP contribution is 2.33. The van der Waals surface area contributed by atoms with Gasteiger partial charge in [0.15, 0.2) is 0 Å². The van der Waals surface area contributed by atoms with Gasteiger partial charge < -0.3 is 4.74 Å². The Morgan fingerprint density at radius 2 is 2.29 bits per heavy atom. The highest BCUT2D eigenvalue weighted by atomic mass is 32.2. The number of hydrogen-bond donors (Lipinski definition) is 0. The van der Waals surface area contributed by atoms with Gasteiger partial charge in [0.2, 0.25) is 0 Å². The van der Waals surface area contributed by atoms with E-state index in [4.69, 9.17) is 4.74 Å². The zero-order chi connectivity index (χ0) is 10.4. The van der Waals surface area contributed by atoms with Crippen LogP contribution in [0.2, 0.25) is 0 Å². The van der Waals surface area contributed by atoms with Gasteiger partial charge in [-0.2, -0.15) is 23.5 Å². The zero-order valence-corrected chi connectivity index (χ0v) is 10.1. The summed E-state index contributed by atoms with van der Waals surface area (Å²) in [6.45, 7) is 3.43. The van der Waals surface area contributed by atoms with E-state index in [2.05, 4.69) is 6.58 Å². The molecule has 1 aliphatic rings. The Balaban J connectivity index is 2.59. The molecule has 0 saturated carbocycles. The molecule has 0 bridgehead atoms. The van der Waals surface area contributed by atoms with Crippen LogP contribution in [0, 0.1) is 0 Å². The number of esters is 1. The lowest BCUT2D eigenvalue weighted by atomic mass is 9.99. The Bertz CT molecular complexity index is 205. The van der Waals surface area contributed by atoms with E-state index in [9.17, 15) is 4.79 Å². The molecule has 14 heavy (non-hydrogen) atoms. The molecule has 1 heterocycles. The van der Waals surface area contributed by atoms with Crippen LogP contribution < -0.4 is 0 Å². The van der Waals surface area contributed by atoms with Gasteiger partial charge in [0.25, 0.3) is 0 Å². The third-order valence-electron chi connectivity index (χ3n) is 2.30. The lowest BCUT2D eigenvalue weighted by Gasteiger charge is -2.35. The molecule has 1 fully saturated rings. The Morgan fingerprint density at radius 3 is 2.79 bits per heavy atom. The van der Waals surface area contributed by atoms with Crippen LogP contribution in [-0.2, 0) is 9.53 Å². The second-order valence-electron chi connectivity index (χ2n) is 3.35. The maximum atomic E-state index is 11.2. The van der Waals surface area contributed by atoms with Gasteiger partial charge in [-0.1, -0.05) is 6.58 Å². The van der Waals surface area contributed by atoms with Crippen molar-refractivity contribution in [1.82, 2.24) is 0 Å². The predicted octanol–water partition coefficient (Wildman–Crippen LogP) is 2.34. The number of rotatable bonds is 4. The Kier molecular flexibility index (Phi) is 4.89. The van der Waals surface area contributed by atoms with E-state index in [-0.39, 0.29) is 11.6 Å². The van der Waals surface area contributed by atoms with Gasteiger partial charge in [0, 0.05) is 11.8 Å². The Morgan fingerprint density at radius 1 is 1.64 bits per heavy atom. The smallest absolute Gasteiger partial charge is 0.330 e. The summed E-state index contributed by atoms with van der Waals surface area (Å²) in [5.41, 5.74) is -0.226. The van der Waals surface area contributed by atoms with Gasteiger partial charge in [-0.15, -0.1) is 0 Å². The highest BCUT2D eigenvalue weighted by Gasteiger charge is 2.35. The van der Waals surface area contributed by atoms with Crippen LogP contribution in [0.1, 0.15) is 12.8 Å². The van der Waals surface area contributed by atoms with Crippen LogP contribution in [0.5, 0.6) is 0 Å². The van der Waals surface area contributed by atoms with Crippen LogP contribution in [0.15, 0.2) is 12.7 Å². The first kappa shape index (κ1) is 12.0. The van der Waals surface area contributed by atoms with Crippen LogP contribution in [0.4, 0.5) is 0 Å². The van der Waals surface area contributed by atoms with Crippen LogP contribution in [-0.4, -0.2) is 35.1 Å². The summed E-state index contributed by atoms with van der Waals surface area (Å²) in [5.74, 6) is 2.79. The standard InChI is InChI=1S/C10H16O2S2/c1-3-9(11)12-10(8-13-2)4-6-14-7-5-10/h3H,1,4-8H2,2H3. The molecule has 0 unspecified atom stereocenters. The zero-order valence-electron chi connectivity index (χ0n) is 8.45. The molecule has 0 aliphatic carbocycles. The molecular formula is C10H16O2S2. The van der Waals surface area contributed by atoms with E-state index in [1.807, 2.05) is 18.0 Å². The van der Waals surface area contributed by atoms with Crippen molar-refractivity contribution in [2.75, 3.05) is 23.5 Å². The van der Waals surface area contributed by atoms with Gasteiger partial charge >= 0.3 is 5.97 Å². The molecule has 0 amide bonds. The normalized spacial score (nSPS) is 20.1. The minimum atomic E-state index is -0.286. The molecule has 1 saturated heterocycles. The third-order valence-corrected chi connectivity index (χ3v) is 4.10. The van der Waals surface area contributed by atoms with E-state index < -0.39 is 0 Å². The van der Waals surface area contributed by atoms with Gasteiger partial charge in [-0.25, -0.2) is 4.79 Å². The number of hydrogen-bond acceptors (Lipinski definition) is 4. The van der Waals surface area contributed by atoms with Crippen molar-refractivity contribution in [3.05, 3.63) is 12.7 Å². The number of thioether (sulfide) groups is 2. The summed E-state index contributed by atoms with van der Waals surface area (Å²) in [6, 6.07) is 0. The molecule has 80 valence electrons. The maximum absolute atomic E-state index is 11.2. The van der Waals surface area contributed by atoms with Crippen molar-refractivity contribution in [2.45, 2.75) is 18.4 Å². The van der Waals surface area contributed by atoms with Crippen molar-refractivity contribution in [3.8, 4) is 0 Å². The summed E-state index contributed by atoms with van der Waals surface area (Å²) < 4.78 is 5.48. The summed E-state index contributed by atoms with van der Waals surface area (Å²) in [4.78, 5) is 11.2. The Hall–Kier alpha value is -0.0900. The fourth-order valence-corrected chi connectivity index (χ4v) is 3.65. The average Bonchev–Trinajstić information content (AvgIpc) is 2.19. The third kappa shape index (κ3) is 3.24. The van der Waals surface area contributed by atoms with E-state index >= 15 is 0 Å². The quantitative estimate of drug-likeness (QED) is 0.549. The molecular weight excluding hydrogens is 216 g/mol. The molecule has 0 aromatic carbocycles. The van der Waals surface area contributed by atoms with Crippen LogP contribution >= 0.6 is 23.5 Å². The summed E-state index contributed by atoms with van der Waals surface area (Å²) in [6.07, 6.45) is 5.24. The van der Waals surface area contributed by atoms with Gasteiger partial charge in [-0.3, -0.25) is 0 Å². The predicted molar refractivity (Wildman–Crippen MR) is 64.0 cm³/mol. The fourth-order valence-electron chi connectivity index (χ4n) is 1.54. The average molecular weight is 232 g/mol. The second-order valence-corrected chi connectivity index (χ2v) is 5.44. The largest absolute Gasteiger partial charge is 0.455 e. The summed E-state index contributed by atoms with van der Waals surface area (Å²) in [7, 11) is 0. The summed E-state index contributed by atoms with van der Waals surface area (Å²) >= 11 is 3.67. The van der Waals surface area contributed by atoms with E-state index in [1.54, 1.807) is 11.8 Å². The second kappa shape index (κ2) is 5.71. The number of ether oxygens (including phenoxy) is 1. The lowest BCUT2D eigenvalue weighted by Crippen LogP contribution is -2.40. The Labute approximate surface area is 93.8 Å². The van der Waals surface area contributed by atoms with E-state index in [0.29, 0.717) is 0 Å². The number of carbonyl (C=O) groups is 1. The molecule has 4 heteroatoms. The SMILES string of the molecule is C=CC(=O)OC1(CSC)CCSCC1. The van der Waals surface area contributed by atoms with Crippen molar-refractivity contribution in [1.29, 1.82) is 0 Å². The molecule has 1 rings (SSSR count). The monoisotopic (exact) mass is 232 g/mol. The molecule has 0 radical (unpaired) electrons. The first-order valence-corrected chi connectivity index (χ1v) is 7.19. The summed E-state index contributed by atoms with van der Waals surface area (Å²) in [5, 5.41) is 0. The lowest BCUT2D eigenvalue weighted by molar-refractivity contribution is -0.151. The number of carbonyl (C=O) groups excluding carboxylic acids is 1. The first-order chi connectivity index (χ1) is 6.72. The molecule has 0 atom stereocenters. The minimum Gasteiger partial charge on any atom is -0.455 e. The van der Waals surface area contributed by atoms with Crippen molar-refractivity contribution in [2.24, 2.45) is 0 Å². The van der Waals surface area contributed by atoms with Crippen molar-refractivity contribution >= 4 is 29.5 Å². The van der Waals surface area contributed by atoms with Gasteiger partial charge in [0.1, 0.15) is 5.60 Å². The highest BCUT2D eigenvalue weighted by molar-refractivity contribution is 7.99. The first-order valence-electron chi connectivity index (χ1n) is 4.64. The van der Waals surface area contributed by atoms with E-state index in [0.717, 1.165) is 30.1 Å². The molecule has 0 aromatic heterocycles. The fraction of sp³-hybridized carbons (Fsp3) is 0.700. The molecule has 0 N–H and O–H groups in total. The molecule has 1 aliphatic heterocycles. The van der Waals surface area contributed by atoms with Crippen molar-refractivity contribution < 1.29 is 9.53 Å². The topological polar surface area (TPSA) is 26.3 Å². The van der Waals surface area contributed by atoms with Gasteiger partial charge in [-0.05, 0) is 30.6 Å². The maximum Gasteiger partial charge on any atom is 0.330 e. The van der Waals surface area contributed by atoms with Crippen LogP contribution in [0.25, 0.3) is 0 Å². The molecule has 2 nitrogen and oxygen atoms in total. The molecule has 0 aromatic rings. The van der Waals surface area contributed by atoms with Crippen molar-refractivity contribution in [3.63, 3.8) is 0 Å². The van der Waals surface area contributed by atoms with Gasteiger partial charge in [0.05, 0.1) is 0 Å². The molecule has 0 spiro atoms.